The number of carbonyl (C=O) groups is 1. The van der Waals surface area contributed by atoms with Crippen molar-refractivity contribution < 1.29 is 40.7 Å². The lowest BCUT2D eigenvalue weighted by molar-refractivity contribution is -0.00835. The van der Waals surface area contributed by atoms with Gasteiger partial charge >= 0.3 is 0 Å². The third kappa shape index (κ3) is 8.55. The Bertz CT molecular complexity index is 1770. The molecule has 0 radical (unpaired) electrons. The van der Waals surface area contributed by atoms with Crippen molar-refractivity contribution in [3.05, 3.63) is 47.7 Å². The number of carbonyl (C=O) groups excluding carboxylic acids is 1. The first-order chi connectivity index (χ1) is 22.5. The lowest BCUT2D eigenvalue weighted by atomic mass is 10.0. The summed E-state index contributed by atoms with van der Waals surface area (Å²) in [5, 5.41) is 13.9. The van der Waals surface area contributed by atoms with Gasteiger partial charge in [-0.25, -0.2) is 21.8 Å². The molecule has 4 rings (SSSR count). The Labute approximate surface area is 282 Å². The van der Waals surface area contributed by atoms with Gasteiger partial charge in [0.25, 0.3) is 26.0 Å². The molecule has 0 fully saturated rings. The minimum atomic E-state index is -4.12. The van der Waals surface area contributed by atoms with Gasteiger partial charge in [0.15, 0.2) is 15.7 Å². The highest BCUT2D eigenvalue weighted by Crippen LogP contribution is 2.30. The van der Waals surface area contributed by atoms with Crippen LogP contribution in [0, 0.1) is 19.8 Å². The van der Waals surface area contributed by atoms with Gasteiger partial charge in [0.1, 0.15) is 11.4 Å². The summed E-state index contributed by atoms with van der Waals surface area (Å²) < 4.78 is 76.0. The number of benzene rings is 1. The van der Waals surface area contributed by atoms with Crippen molar-refractivity contribution in [3.63, 3.8) is 0 Å². The molecule has 48 heavy (non-hydrogen) atoms. The number of anilines is 1. The Morgan fingerprint density at radius 1 is 1.17 bits per heavy atom. The molecule has 0 spiro atoms. The van der Waals surface area contributed by atoms with Gasteiger partial charge in [0.05, 0.1) is 36.7 Å². The summed E-state index contributed by atoms with van der Waals surface area (Å²) in [6, 6.07) is 3.82. The summed E-state index contributed by atoms with van der Waals surface area (Å²) >= 11 is 0. The average Bonchev–Trinajstić information content (AvgIpc) is 3.63. The molecule has 4 atom stereocenters. The number of hydrogen-bond donors (Lipinski definition) is 2. The number of nitrogens with zero attached hydrogens (tertiary/aromatic N) is 5. The average molecular weight is 711 g/mol. The number of sulfonamides is 2. The number of fused-ring (bicyclic) bond motifs is 1. The van der Waals surface area contributed by atoms with Crippen LogP contribution in [0.25, 0.3) is 0 Å². The standard InChI is InChI=1S/C31H46N6O9S2/c1-20-15-37(21(2)18-38)31(39)26-14-25(34-47(40,41)30-23(4)33-46-24(30)5)11-12-27(26)45-22(3)10-8-9-13-44-28(20)16-36(7)48(42,43)29-17-35(6)19-32-29/h11-12,14,17,19-22,28,34,38H,8-10,13,15-16,18H2,1-7H3/t20-,21-,22-,28-/m1/s1. The van der Waals surface area contributed by atoms with Crippen LogP contribution >= 0.6 is 0 Å². The maximum Gasteiger partial charge on any atom is 0.267 e. The largest absolute Gasteiger partial charge is 0.490 e. The third-order valence-corrected chi connectivity index (χ3v) is 11.7. The summed E-state index contributed by atoms with van der Waals surface area (Å²) in [5.41, 5.74) is 0.406. The predicted octanol–water partition coefficient (Wildman–Crippen LogP) is 2.94. The fourth-order valence-electron chi connectivity index (χ4n) is 5.55. The molecule has 1 aliphatic rings. The van der Waals surface area contributed by atoms with Gasteiger partial charge in [-0.05, 0) is 65.2 Å². The van der Waals surface area contributed by atoms with Crippen LogP contribution in [-0.2, 0) is 31.8 Å². The SMILES string of the molecule is Cc1noc(C)c1S(=O)(=O)Nc1ccc2c(c1)C(=O)N([C@H](C)CO)C[C@@H](C)[C@@H](CN(C)S(=O)(=O)c1cn(C)cn1)OCCCC[C@@H](C)O2. The zero-order valence-corrected chi connectivity index (χ0v) is 30.0. The second-order valence-corrected chi connectivity index (χ2v) is 16.0. The molecule has 266 valence electrons. The van der Waals surface area contributed by atoms with Gasteiger partial charge in [0.2, 0.25) is 0 Å². The molecule has 17 heteroatoms. The maximum absolute atomic E-state index is 14.4. The normalized spacial score (nSPS) is 21.0. The van der Waals surface area contributed by atoms with Gasteiger partial charge in [-0.15, -0.1) is 0 Å². The third-order valence-electron chi connectivity index (χ3n) is 8.33. The highest BCUT2D eigenvalue weighted by molar-refractivity contribution is 7.92. The summed E-state index contributed by atoms with van der Waals surface area (Å²) in [6.45, 7) is 8.54. The first-order valence-corrected chi connectivity index (χ1v) is 18.7. The fourth-order valence-corrected chi connectivity index (χ4v) is 8.07. The van der Waals surface area contributed by atoms with E-state index in [0.29, 0.717) is 19.4 Å². The molecule has 0 unspecified atom stereocenters. The fraction of sp³-hybridized carbons (Fsp3) is 0.581. The van der Waals surface area contributed by atoms with E-state index < -0.39 is 44.0 Å². The van der Waals surface area contributed by atoms with E-state index in [9.17, 15) is 26.7 Å². The van der Waals surface area contributed by atoms with E-state index in [2.05, 4.69) is 14.9 Å². The van der Waals surface area contributed by atoms with E-state index in [-0.39, 0.29) is 64.2 Å². The molecule has 3 heterocycles. The Morgan fingerprint density at radius 2 is 1.90 bits per heavy atom. The van der Waals surface area contributed by atoms with E-state index >= 15 is 0 Å². The Morgan fingerprint density at radius 3 is 2.52 bits per heavy atom. The minimum Gasteiger partial charge on any atom is -0.490 e. The Kier molecular flexibility index (Phi) is 11.9. The van der Waals surface area contributed by atoms with Crippen molar-refractivity contribution in [1.29, 1.82) is 0 Å². The van der Waals surface area contributed by atoms with Crippen LogP contribution in [0.3, 0.4) is 0 Å². The molecule has 1 aromatic carbocycles. The number of likely N-dealkylation sites (N-methyl/N-ethyl adjacent to an activating group) is 1. The van der Waals surface area contributed by atoms with Crippen molar-refractivity contribution in [2.75, 3.05) is 38.1 Å². The minimum absolute atomic E-state index is 0.000653. The molecular formula is C31H46N6O9S2. The molecule has 0 bridgehead atoms. The van der Waals surface area contributed by atoms with Crippen molar-refractivity contribution in [2.45, 2.75) is 82.1 Å². The van der Waals surface area contributed by atoms with E-state index in [1.165, 1.54) is 54.8 Å². The predicted molar refractivity (Wildman–Crippen MR) is 177 cm³/mol. The van der Waals surface area contributed by atoms with Crippen LogP contribution in [0.4, 0.5) is 5.69 Å². The molecule has 2 N–H and O–H groups in total. The number of hydrogen-bond acceptors (Lipinski definition) is 11. The monoisotopic (exact) mass is 710 g/mol. The van der Waals surface area contributed by atoms with Gasteiger partial charge in [-0.1, -0.05) is 12.1 Å². The number of ether oxygens (including phenoxy) is 2. The van der Waals surface area contributed by atoms with E-state index in [1.54, 1.807) is 24.6 Å². The number of aryl methyl sites for hydroxylation is 3. The molecule has 0 aliphatic carbocycles. The zero-order valence-electron chi connectivity index (χ0n) is 28.4. The maximum atomic E-state index is 14.4. The molecule has 3 aromatic rings. The van der Waals surface area contributed by atoms with E-state index in [1.807, 2.05) is 13.8 Å². The number of aliphatic hydroxyl groups is 1. The summed E-state index contributed by atoms with van der Waals surface area (Å²) in [7, 11) is -4.89. The molecule has 0 saturated heterocycles. The smallest absolute Gasteiger partial charge is 0.267 e. The Balaban J connectivity index is 1.69. The number of nitrogens with one attached hydrogen (secondary N) is 1. The van der Waals surface area contributed by atoms with Gasteiger partial charge in [-0.2, -0.15) is 4.31 Å². The Hall–Kier alpha value is -3.51. The van der Waals surface area contributed by atoms with Crippen molar-refractivity contribution >= 4 is 31.6 Å². The summed E-state index contributed by atoms with van der Waals surface area (Å²) in [6.07, 6.45) is 4.02. The highest BCUT2D eigenvalue weighted by Gasteiger charge is 2.33. The van der Waals surface area contributed by atoms with Crippen molar-refractivity contribution in [3.8, 4) is 5.75 Å². The molecular weight excluding hydrogens is 665 g/mol. The van der Waals surface area contributed by atoms with Crippen LogP contribution in [0.15, 0.2) is 45.2 Å². The van der Waals surface area contributed by atoms with Crippen LogP contribution in [-0.4, -0.2) is 103 Å². The molecule has 0 saturated carbocycles. The van der Waals surface area contributed by atoms with Gasteiger partial charge in [0, 0.05) is 51.6 Å². The van der Waals surface area contributed by atoms with Crippen LogP contribution < -0.4 is 9.46 Å². The number of rotatable bonds is 9. The molecule has 15 nitrogen and oxygen atoms in total. The molecule has 1 amide bonds. The van der Waals surface area contributed by atoms with Crippen LogP contribution in [0.2, 0.25) is 0 Å². The number of amides is 1. The van der Waals surface area contributed by atoms with E-state index in [0.717, 1.165) is 6.42 Å². The lowest BCUT2D eigenvalue weighted by Gasteiger charge is -2.35. The first kappa shape index (κ1) is 37.3. The van der Waals surface area contributed by atoms with Crippen LogP contribution in [0.1, 0.15) is 61.8 Å². The van der Waals surface area contributed by atoms with Gasteiger partial charge in [-0.3, -0.25) is 9.52 Å². The zero-order chi connectivity index (χ0) is 35.4. The first-order valence-electron chi connectivity index (χ1n) is 15.8. The lowest BCUT2D eigenvalue weighted by Crippen LogP contribution is -2.48. The van der Waals surface area contributed by atoms with Crippen LogP contribution in [0.5, 0.6) is 5.75 Å². The van der Waals surface area contributed by atoms with Crippen molar-refractivity contribution in [2.24, 2.45) is 13.0 Å². The molecule has 2 aromatic heterocycles. The summed E-state index contributed by atoms with van der Waals surface area (Å²) in [5.74, 6) is -0.508. The number of aromatic nitrogens is 3. The molecule has 1 aliphatic heterocycles. The van der Waals surface area contributed by atoms with E-state index in [4.69, 9.17) is 14.0 Å². The quantitative estimate of drug-likeness (QED) is 0.333. The highest BCUT2D eigenvalue weighted by atomic mass is 32.2. The number of aliphatic hydroxyl groups excluding tert-OH is 1. The second-order valence-electron chi connectivity index (χ2n) is 12.4. The summed E-state index contributed by atoms with van der Waals surface area (Å²) in [4.78, 5) is 19.8. The second kappa shape index (κ2) is 15.4. The van der Waals surface area contributed by atoms with Gasteiger partial charge < -0.3 is 28.6 Å². The number of imidazole rings is 1. The van der Waals surface area contributed by atoms with Crippen molar-refractivity contribution in [1.82, 2.24) is 23.9 Å². The topological polar surface area (TPSA) is 186 Å².